The number of carbonyl (C=O) groups is 1. The molecule has 0 radical (unpaired) electrons. The Hall–Kier alpha value is -2.19. The lowest BCUT2D eigenvalue weighted by Gasteiger charge is -2.15. The summed E-state index contributed by atoms with van der Waals surface area (Å²) in [6.45, 7) is 0. The van der Waals surface area contributed by atoms with Crippen LogP contribution < -0.4 is 0 Å². The van der Waals surface area contributed by atoms with E-state index < -0.39 is 18.2 Å². The Labute approximate surface area is 119 Å². The van der Waals surface area contributed by atoms with Gasteiger partial charge in [-0.25, -0.2) is 0 Å². The minimum atomic E-state index is -0.880. The van der Waals surface area contributed by atoms with Gasteiger partial charge < -0.3 is 15.3 Å². The Bertz CT molecular complexity index is 477. The van der Waals surface area contributed by atoms with E-state index in [4.69, 9.17) is 11.5 Å². The molecule has 0 aromatic heterocycles. The molecule has 2 atom stereocenters. The molecule has 0 aromatic carbocycles. The van der Waals surface area contributed by atoms with Gasteiger partial charge in [-0.05, 0) is 49.0 Å². The van der Waals surface area contributed by atoms with Crippen LogP contribution in [0.1, 0.15) is 32.1 Å². The minimum absolute atomic E-state index is 0.0804. The van der Waals surface area contributed by atoms with Crippen molar-refractivity contribution in [1.82, 2.24) is 0 Å². The molecular weight excluding hydrogens is 256 g/mol. The SMILES string of the molecule is C#CC#CC#C/C=C/C[C@@H](O)C(O)CCCCC(=O)O. The first-order valence-corrected chi connectivity index (χ1v) is 6.27. The molecule has 106 valence electrons. The molecule has 0 spiro atoms. The maximum absolute atomic E-state index is 10.3. The lowest BCUT2D eigenvalue weighted by Crippen LogP contribution is -2.25. The van der Waals surface area contributed by atoms with Gasteiger partial charge in [0.05, 0.1) is 12.2 Å². The summed E-state index contributed by atoms with van der Waals surface area (Å²) in [5.74, 6) is 11.2. The van der Waals surface area contributed by atoms with Crippen molar-refractivity contribution in [2.45, 2.75) is 44.3 Å². The van der Waals surface area contributed by atoms with Crippen molar-refractivity contribution in [3.63, 3.8) is 0 Å². The van der Waals surface area contributed by atoms with Crippen LogP contribution in [0.4, 0.5) is 0 Å². The molecule has 0 aliphatic heterocycles. The summed E-state index contributed by atoms with van der Waals surface area (Å²) in [4.78, 5) is 10.3. The third-order valence-corrected chi connectivity index (χ3v) is 2.43. The zero-order valence-corrected chi connectivity index (χ0v) is 11.2. The summed E-state index contributed by atoms with van der Waals surface area (Å²) in [6, 6.07) is 0. The first-order valence-electron chi connectivity index (χ1n) is 6.27. The van der Waals surface area contributed by atoms with Gasteiger partial charge in [0.1, 0.15) is 0 Å². The molecule has 0 bridgehead atoms. The average Bonchev–Trinajstić information content (AvgIpc) is 2.41. The number of terminal acetylenes is 1. The lowest BCUT2D eigenvalue weighted by atomic mass is 10.0. The number of aliphatic hydroxyl groups is 2. The van der Waals surface area contributed by atoms with E-state index in [1.54, 1.807) is 6.08 Å². The van der Waals surface area contributed by atoms with Gasteiger partial charge in [0.25, 0.3) is 0 Å². The molecule has 0 aromatic rings. The number of aliphatic carboxylic acids is 1. The van der Waals surface area contributed by atoms with Crippen LogP contribution >= 0.6 is 0 Å². The molecule has 4 nitrogen and oxygen atoms in total. The summed E-state index contributed by atoms with van der Waals surface area (Å²) in [7, 11) is 0. The van der Waals surface area contributed by atoms with E-state index in [0.717, 1.165) is 0 Å². The first kappa shape index (κ1) is 17.8. The molecular formula is C16H18O4. The lowest BCUT2D eigenvalue weighted by molar-refractivity contribution is -0.137. The van der Waals surface area contributed by atoms with Crippen molar-refractivity contribution < 1.29 is 20.1 Å². The van der Waals surface area contributed by atoms with Crippen molar-refractivity contribution in [1.29, 1.82) is 0 Å². The van der Waals surface area contributed by atoms with Gasteiger partial charge in [0, 0.05) is 6.42 Å². The summed E-state index contributed by atoms with van der Waals surface area (Å²) >= 11 is 0. The zero-order valence-electron chi connectivity index (χ0n) is 11.2. The fraction of sp³-hybridized carbons (Fsp3) is 0.438. The molecule has 20 heavy (non-hydrogen) atoms. The normalized spacial score (nSPS) is 12.4. The Kier molecular flexibility index (Phi) is 10.6. The number of rotatable bonds is 8. The summed E-state index contributed by atoms with van der Waals surface area (Å²) in [5, 5.41) is 27.7. The van der Waals surface area contributed by atoms with Gasteiger partial charge >= 0.3 is 5.97 Å². The second kappa shape index (κ2) is 11.9. The minimum Gasteiger partial charge on any atom is -0.481 e. The highest BCUT2D eigenvalue weighted by Crippen LogP contribution is 2.09. The van der Waals surface area contributed by atoms with Gasteiger partial charge in [0.2, 0.25) is 0 Å². The number of hydrogen-bond donors (Lipinski definition) is 3. The number of unbranched alkanes of at least 4 members (excludes halogenated alkanes) is 1. The number of carboxylic acid groups (broad SMARTS) is 1. The average molecular weight is 274 g/mol. The summed E-state index contributed by atoms with van der Waals surface area (Å²) < 4.78 is 0. The van der Waals surface area contributed by atoms with Gasteiger partial charge in [-0.1, -0.05) is 18.4 Å². The second-order valence-corrected chi connectivity index (χ2v) is 4.08. The molecule has 0 aliphatic carbocycles. The van der Waals surface area contributed by atoms with Gasteiger partial charge in [-0.2, -0.15) is 0 Å². The highest BCUT2D eigenvalue weighted by molar-refractivity contribution is 5.66. The summed E-state index contributed by atoms with van der Waals surface area (Å²) in [6.07, 6.45) is 8.13. The first-order chi connectivity index (χ1) is 9.57. The molecule has 0 fully saturated rings. The van der Waals surface area contributed by atoms with Gasteiger partial charge in [-0.15, -0.1) is 6.42 Å². The molecule has 3 N–H and O–H groups in total. The smallest absolute Gasteiger partial charge is 0.303 e. The number of hydrogen-bond acceptors (Lipinski definition) is 3. The molecule has 4 heteroatoms. The van der Waals surface area contributed by atoms with Crippen LogP contribution in [0.2, 0.25) is 0 Å². The second-order valence-electron chi connectivity index (χ2n) is 4.08. The molecule has 0 rings (SSSR count). The third kappa shape index (κ3) is 10.9. The number of allylic oxidation sites excluding steroid dienone is 1. The molecule has 0 amide bonds. The van der Waals surface area contributed by atoms with Gasteiger partial charge in [0.15, 0.2) is 0 Å². The van der Waals surface area contributed by atoms with Crippen molar-refractivity contribution in [3.05, 3.63) is 12.2 Å². The molecule has 0 aliphatic rings. The molecule has 1 unspecified atom stereocenters. The Balaban J connectivity index is 3.86. The van der Waals surface area contributed by atoms with Crippen LogP contribution in [-0.2, 0) is 4.79 Å². The summed E-state index contributed by atoms with van der Waals surface area (Å²) in [5.41, 5.74) is 0. The topological polar surface area (TPSA) is 77.8 Å². The van der Waals surface area contributed by atoms with Crippen LogP contribution in [0.15, 0.2) is 12.2 Å². The van der Waals surface area contributed by atoms with E-state index >= 15 is 0 Å². The maximum Gasteiger partial charge on any atom is 0.303 e. The van der Waals surface area contributed by atoms with Gasteiger partial charge in [-0.3, -0.25) is 4.79 Å². The fourth-order valence-corrected chi connectivity index (χ4v) is 1.39. The van der Waals surface area contributed by atoms with E-state index in [1.807, 2.05) is 0 Å². The zero-order chi connectivity index (χ0) is 15.2. The van der Waals surface area contributed by atoms with Crippen molar-refractivity contribution in [2.75, 3.05) is 0 Å². The van der Waals surface area contributed by atoms with Crippen LogP contribution in [-0.4, -0.2) is 33.5 Å². The van der Waals surface area contributed by atoms with Crippen molar-refractivity contribution in [2.24, 2.45) is 0 Å². The highest BCUT2D eigenvalue weighted by Gasteiger charge is 2.14. The largest absolute Gasteiger partial charge is 0.481 e. The Morgan fingerprint density at radius 2 is 1.90 bits per heavy atom. The fourth-order valence-electron chi connectivity index (χ4n) is 1.39. The Morgan fingerprint density at radius 1 is 1.15 bits per heavy atom. The van der Waals surface area contributed by atoms with Crippen molar-refractivity contribution >= 4 is 5.97 Å². The highest BCUT2D eigenvalue weighted by atomic mass is 16.4. The van der Waals surface area contributed by atoms with E-state index in [9.17, 15) is 15.0 Å². The van der Waals surface area contributed by atoms with E-state index in [1.165, 1.54) is 6.08 Å². The third-order valence-electron chi connectivity index (χ3n) is 2.43. The quantitative estimate of drug-likeness (QED) is 0.455. The molecule has 0 saturated carbocycles. The monoisotopic (exact) mass is 274 g/mol. The maximum atomic E-state index is 10.3. The predicted molar refractivity (Wildman–Crippen MR) is 76.3 cm³/mol. The van der Waals surface area contributed by atoms with E-state index in [0.29, 0.717) is 19.3 Å². The standard InChI is InChI=1S/C16H18O4/c1-2-3-4-5-6-7-8-11-14(17)15(18)12-9-10-13-16(19)20/h1,7-8,14-15,17-18H,9-13H2,(H,19,20)/b8-7+/t14-,15?/m1/s1. The van der Waals surface area contributed by atoms with Crippen LogP contribution in [0.5, 0.6) is 0 Å². The van der Waals surface area contributed by atoms with Crippen LogP contribution in [0.25, 0.3) is 0 Å². The van der Waals surface area contributed by atoms with Crippen LogP contribution in [0.3, 0.4) is 0 Å². The predicted octanol–water partition coefficient (Wildman–Crippen LogP) is 0.940. The number of aliphatic hydroxyl groups excluding tert-OH is 2. The Morgan fingerprint density at radius 3 is 2.55 bits per heavy atom. The van der Waals surface area contributed by atoms with E-state index in [-0.39, 0.29) is 12.8 Å². The van der Waals surface area contributed by atoms with Crippen molar-refractivity contribution in [3.8, 4) is 36.0 Å². The van der Waals surface area contributed by atoms with E-state index in [2.05, 4.69) is 29.6 Å². The van der Waals surface area contributed by atoms with Crippen LogP contribution in [0, 0.1) is 36.0 Å². The molecule has 0 heterocycles. The number of carboxylic acids is 1. The molecule has 0 saturated heterocycles.